The summed E-state index contributed by atoms with van der Waals surface area (Å²) in [6, 6.07) is 2.01. The molecule has 1 saturated heterocycles. The van der Waals surface area contributed by atoms with Crippen molar-refractivity contribution in [3.8, 4) is 6.07 Å². The van der Waals surface area contributed by atoms with Gasteiger partial charge < -0.3 is 21.5 Å². The van der Waals surface area contributed by atoms with Gasteiger partial charge in [0.05, 0.1) is 0 Å². The minimum absolute atomic E-state index is 0.0439. The predicted molar refractivity (Wildman–Crippen MR) is 63.8 cm³/mol. The SMILES string of the molecule is N#Cc1c(N2CCC(N)C2)nn(CC(=O)O)c1N. The Bertz CT molecular complexity index is 517. The van der Waals surface area contributed by atoms with Gasteiger partial charge in [-0.05, 0) is 6.42 Å². The Morgan fingerprint density at radius 1 is 1.67 bits per heavy atom. The second kappa shape index (κ2) is 4.54. The molecule has 8 nitrogen and oxygen atoms in total. The lowest BCUT2D eigenvalue weighted by molar-refractivity contribution is -0.137. The van der Waals surface area contributed by atoms with E-state index in [1.165, 1.54) is 0 Å². The van der Waals surface area contributed by atoms with Crippen molar-refractivity contribution in [2.24, 2.45) is 5.73 Å². The maximum atomic E-state index is 10.7. The summed E-state index contributed by atoms with van der Waals surface area (Å²) in [5, 5.41) is 21.9. The summed E-state index contributed by atoms with van der Waals surface area (Å²) in [7, 11) is 0. The van der Waals surface area contributed by atoms with Crippen molar-refractivity contribution in [3.05, 3.63) is 5.56 Å². The zero-order valence-corrected chi connectivity index (χ0v) is 9.70. The summed E-state index contributed by atoms with van der Waals surface area (Å²) in [5.74, 6) is -0.557. The number of carboxylic acids is 1. The third-order valence-corrected chi connectivity index (χ3v) is 2.89. The first-order valence-corrected chi connectivity index (χ1v) is 5.51. The molecule has 2 heterocycles. The Morgan fingerprint density at radius 2 is 2.39 bits per heavy atom. The first-order valence-electron chi connectivity index (χ1n) is 5.51. The van der Waals surface area contributed by atoms with Crippen LogP contribution in [0.1, 0.15) is 12.0 Å². The molecule has 18 heavy (non-hydrogen) atoms. The van der Waals surface area contributed by atoms with Crippen LogP contribution in [0.5, 0.6) is 0 Å². The molecule has 0 aromatic carbocycles. The normalized spacial score (nSPS) is 18.9. The van der Waals surface area contributed by atoms with Crippen molar-refractivity contribution >= 4 is 17.6 Å². The Kier molecular flexibility index (Phi) is 3.08. The molecule has 1 unspecified atom stereocenters. The quantitative estimate of drug-likeness (QED) is 0.623. The van der Waals surface area contributed by atoms with Crippen LogP contribution < -0.4 is 16.4 Å². The lowest BCUT2D eigenvalue weighted by atomic mass is 10.3. The molecule has 0 saturated carbocycles. The van der Waals surface area contributed by atoms with Crippen LogP contribution in [0.15, 0.2) is 0 Å². The standard InChI is InChI=1S/C10H14N6O2/c11-3-7-9(13)16(5-8(17)18)14-10(7)15-2-1-6(12)4-15/h6H,1-2,4-5,12-13H2,(H,17,18). The second-order valence-electron chi connectivity index (χ2n) is 4.24. The summed E-state index contributed by atoms with van der Waals surface area (Å²) in [4.78, 5) is 12.5. The van der Waals surface area contributed by atoms with Crippen LogP contribution in [0.3, 0.4) is 0 Å². The van der Waals surface area contributed by atoms with E-state index in [0.717, 1.165) is 11.1 Å². The fraction of sp³-hybridized carbons (Fsp3) is 0.500. The van der Waals surface area contributed by atoms with Gasteiger partial charge in [0.2, 0.25) is 0 Å². The number of aromatic nitrogens is 2. The Balaban J connectivity index is 2.35. The van der Waals surface area contributed by atoms with Crippen molar-refractivity contribution in [1.29, 1.82) is 5.26 Å². The lowest BCUT2D eigenvalue weighted by Gasteiger charge is -2.14. The number of nitrogen functional groups attached to an aromatic ring is 1. The van der Waals surface area contributed by atoms with E-state index in [2.05, 4.69) is 5.10 Å². The third-order valence-electron chi connectivity index (χ3n) is 2.89. The van der Waals surface area contributed by atoms with Gasteiger partial charge in [0.25, 0.3) is 0 Å². The fourth-order valence-corrected chi connectivity index (χ4v) is 2.02. The number of nitrogens with zero attached hydrogens (tertiary/aromatic N) is 4. The number of anilines is 2. The van der Waals surface area contributed by atoms with E-state index in [9.17, 15) is 4.79 Å². The number of nitriles is 1. The van der Waals surface area contributed by atoms with Crippen LogP contribution in [-0.4, -0.2) is 40.0 Å². The Labute approximate surface area is 103 Å². The molecule has 5 N–H and O–H groups in total. The topological polar surface area (TPSA) is 134 Å². The summed E-state index contributed by atoms with van der Waals surface area (Å²) in [6.07, 6.45) is 0.816. The molecule has 2 rings (SSSR count). The van der Waals surface area contributed by atoms with Gasteiger partial charge in [-0.3, -0.25) is 4.79 Å². The van der Waals surface area contributed by atoms with Gasteiger partial charge in [-0.1, -0.05) is 0 Å². The number of hydrogen-bond acceptors (Lipinski definition) is 6. The smallest absolute Gasteiger partial charge is 0.325 e. The van der Waals surface area contributed by atoms with E-state index in [0.29, 0.717) is 18.9 Å². The Hall–Kier alpha value is -2.27. The minimum atomic E-state index is -1.06. The van der Waals surface area contributed by atoms with Gasteiger partial charge in [-0.15, -0.1) is 0 Å². The highest BCUT2D eigenvalue weighted by Crippen LogP contribution is 2.26. The average molecular weight is 250 g/mol. The summed E-state index contributed by atoms with van der Waals surface area (Å²) >= 11 is 0. The molecule has 0 aliphatic carbocycles. The molecule has 0 bridgehead atoms. The molecule has 96 valence electrons. The minimum Gasteiger partial charge on any atom is -0.480 e. The van der Waals surface area contributed by atoms with E-state index < -0.39 is 5.97 Å². The van der Waals surface area contributed by atoms with Crippen molar-refractivity contribution in [3.63, 3.8) is 0 Å². The van der Waals surface area contributed by atoms with Gasteiger partial charge in [0.15, 0.2) is 5.82 Å². The third kappa shape index (κ3) is 2.08. The molecule has 0 radical (unpaired) electrons. The van der Waals surface area contributed by atoms with Crippen molar-refractivity contribution in [2.45, 2.75) is 19.0 Å². The lowest BCUT2D eigenvalue weighted by Crippen LogP contribution is -2.27. The van der Waals surface area contributed by atoms with Crippen molar-refractivity contribution in [2.75, 3.05) is 23.7 Å². The average Bonchev–Trinajstić information content (AvgIpc) is 2.84. The monoisotopic (exact) mass is 250 g/mol. The van der Waals surface area contributed by atoms with Gasteiger partial charge in [-0.2, -0.15) is 10.4 Å². The number of nitrogens with two attached hydrogens (primary N) is 2. The summed E-state index contributed by atoms with van der Waals surface area (Å²) < 4.78 is 1.13. The largest absolute Gasteiger partial charge is 0.480 e. The molecule has 1 aromatic rings. The van der Waals surface area contributed by atoms with Crippen molar-refractivity contribution in [1.82, 2.24) is 9.78 Å². The van der Waals surface area contributed by atoms with E-state index in [-0.39, 0.29) is 24.0 Å². The van der Waals surface area contributed by atoms with Gasteiger partial charge >= 0.3 is 5.97 Å². The highest BCUT2D eigenvalue weighted by Gasteiger charge is 2.26. The predicted octanol–water partition coefficient (Wildman–Crippen LogP) is -1.04. The zero-order valence-electron chi connectivity index (χ0n) is 9.70. The molecular formula is C10H14N6O2. The molecule has 8 heteroatoms. The second-order valence-corrected chi connectivity index (χ2v) is 4.24. The van der Waals surface area contributed by atoms with Crippen LogP contribution in [-0.2, 0) is 11.3 Å². The van der Waals surface area contributed by atoms with Gasteiger partial charge in [0.1, 0.15) is 24.0 Å². The van der Waals surface area contributed by atoms with E-state index in [1.54, 1.807) is 0 Å². The molecule has 1 aromatic heterocycles. The fourth-order valence-electron chi connectivity index (χ4n) is 2.02. The molecule has 1 fully saturated rings. The van der Waals surface area contributed by atoms with Crippen LogP contribution in [0.4, 0.5) is 11.6 Å². The first-order chi connectivity index (χ1) is 8.52. The van der Waals surface area contributed by atoms with E-state index >= 15 is 0 Å². The maximum Gasteiger partial charge on any atom is 0.325 e. The van der Waals surface area contributed by atoms with Gasteiger partial charge in [-0.25, -0.2) is 4.68 Å². The molecule has 0 amide bonds. The Morgan fingerprint density at radius 3 is 2.89 bits per heavy atom. The van der Waals surface area contributed by atoms with Crippen LogP contribution in [0.2, 0.25) is 0 Å². The number of rotatable bonds is 3. The number of carboxylic acid groups (broad SMARTS) is 1. The molecule has 1 atom stereocenters. The van der Waals surface area contributed by atoms with Crippen LogP contribution in [0.25, 0.3) is 0 Å². The van der Waals surface area contributed by atoms with E-state index in [1.807, 2.05) is 11.0 Å². The summed E-state index contributed by atoms with van der Waals surface area (Å²) in [6.45, 7) is 0.929. The van der Waals surface area contributed by atoms with Crippen LogP contribution >= 0.6 is 0 Å². The molecule has 0 spiro atoms. The van der Waals surface area contributed by atoms with Crippen molar-refractivity contribution < 1.29 is 9.90 Å². The van der Waals surface area contributed by atoms with Crippen LogP contribution in [0, 0.1) is 11.3 Å². The summed E-state index contributed by atoms with van der Waals surface area (Å²) in [5.41, 5.74) is 11.7. The highest BCUT2D eigenvalue weighted by molar-refractivity contribution is 5.70. The number of carbonyl (C=O) groups is 1. The zero-order chi connectivity index (χ0) is 13.3. The van der Waals surface area contributed by atoms with E-state index in [4.69, 9.17) is 21.8 Å². The molecule has 1 aliphatic rings. The number of hydrogen-bond donors (Lipinski definition) is 3. The molecule has 1 aliphatic heterocycles. The molecular weight excluding hydrogens is 236 g/mol. The highest BCUT2D eigenvalue weighted by atomic mass is 16.4. The first kappa shape index (κ1) is 12.2. The van der Waals surface area contributed by atoms with Gasteiger partial charge in [0, 0.05) is 19.1 Å². The maximum absolute atomic E-state index is 10.7. The number of aliphatic carboxylic acids is 1.